The van der Waals surface area contributed by atoms with Crippen molar-refractivity contribution >= 4 is 5.91 Å². The molecule has 21 heavy (non-hydrogen) atoms. The lowest BCUT2D eigenvalue weighted by Gasteiger charge is -2.37. The Balaban J connectivity index is 1.68. The van der Waals surface area contributed by atoms with Crippen LogP contribution in [0.4, 0.5) is 0 Å². The third kappa shape index (κ3) is 2.85. The lowest BCUT2D eigenvalue weighted by Crippen LogP contribution is -2.52. The third-order valence-corrected chi connectivity index (χ3v) is 4.22. The maximum Gasteiger partial charge on any atom is 0.272 e. The van der Waals surface area contributed by atoms with E-state index < -0.39 is 0 Å². The largest absolute Gasteiger partial charge is 0.463 e. The van der Waals surface area contributed by atoms with E-state index in [0.29, 0.717) is 23.2 Å². The molecule has 2 atom stereocenters. The van der Waals surface area contributed by atoms with Gasteiger partial charge in [0.05, 0.1) is 6.26 Å². The molecule has 6 heteroatoms. The van der Waals surface area contributed by atoms with Crippen molar-refractivity contribution in [3.8, 4) is 11.5 Å². The Morgan fingerprint density at radius 2 is 2.43 bits per heavy atom. The summed E-state index contributed by atoms with van der Waals surface area (Å²) in [5.41, 5.74) is 1.10. The summed E-state index contributed by atoms with van der Waals surface area (Å²) in [4.78, 5) is 14.6. The van der Waals surface area contributed by atoms with Gasteiger partial charge in [-0.15, -0.1) is 0 Å². The molecule has 0 bridgehead atoms. The molecule has 2 aromatic rings. The highest BCUT2D eigenvalue weighted by Gasteiger charge is 2.27. The van der Waals surface area contributed by atoms with Crippen molar-refractivity contribution in [3.05, 3.63) is 30.2 Å². The lowest BCUT2D eigenvalue weighted by atomic mass is 9.98. The fourth-order valence-electron chi connectivity index (χ4n) is 2.74. The molecule has 2 N–H and O–H groups in total. The molecule has 0 unspecified atom stereocenters. The van der Waals surface area contributed by atoms with Crippen LogP contribution in [0.25, 0.3) is 11.5 Å². The van der Waals surface area contributed by atoms with Crippen molar-refractivity contribution in [1.82, 2.24) is 20.4 Å². The average molecular weight is 288 g/mol. The van der Waals surface area contributed by atoms with Crippen LogP contribution in [-0.4, -0.2) is 46.7 Å². The van der Waals surface area contributed by atoms with E-state index in [1.165, 1.54) is 0 Å². The molecule has 0 aromatic carbocycles. The van der Waals surface area contributed by atoms with Crippen LogP contribution in [0.15, 0.2) is 28.9 Å². The number of H-pyrrole nitrogens is 1. The van der Waals surface area contributed by atoms with E-state index in [-0.39, 0.29) is 11.9 Å². The molecule has 1 amide bonds. The van der Waals surface area contributed by atoms with Crippen molar-refractivity contribution in [3.63, 3.8) is 0 Å². The van der Waals surface area contributed by atoms with Crippen LogP contribution in [-0.2, 0) is 0 Å². The first-order valence-electron chi connectivity index (χ1n) is 7.25. The van der Waals surface area contributed by atoms with E-state index in [1.54, 1.807) is 18.4 Å². The highest BCUT2D eigenvalue weighted by molar-refractivity contribution is 5.93. The minimum absolute atomic E-state index is 0.142. The van der Waals surface area contributed by atoms with Gasteiger partial charge in [-0.1, -0.05) is 0 Å². The van der Waals surface area contributed by atoms with E-state index in [1.807, 2.05) is 6.07 Å². The number of likely N-dealkylation sites (tertiary alicyclic amines) is 1. The summed E-state index contributed by atoms with van der Waals surface area (Å²) in [7, 11) is 2.09. The molecule has 0 radical (unpaired) electrons. The molecule has 112 valence electrons. The first-order chi connectivity index (χ1) is 10.1. The van der Waals surface area contributed by atoms with Gasteiger partial charge in [0.25, 0.3) is 5.91 Å². The van der Waals surface area contributed by atoms with Crippen LogP contribution < -0.4 is 5.32 Å². The Labute approximate surface area is 123 Å². The van der Waals surface area contributed by atoms with Crippen LogP contribution in [0, 0.1) is 0 Å². The van der Waals surface area contributed by atoms with Gasteiger partial charge in [0, 0.05) is 18.2 Å². The summed E-state index contributed by atoms with van der Waals surface area (Å²) in [5.74, 6) is 0.531. The number of aromatic nitrogens is 2. The van der Waals surface area contributed by atoms with Gasteiger partial charge in [-0.3, -0.25) is 9.89 Å². The maximum absolute atomic E-state index is 12.3. The summed E-state index contributed by atoms with van der Waals surface area (Å²) in [6.45, 7) is 3.22. The Bertz CT molecular complexity index is 605. The number of carbonyl (C=O) groups excluding carboxylic acids is 1. The van der Waals surface area contributed by atoms with Gasteiger partial charge in [0.2, 0.25) is 0 Å². The molecule has 1 aliphatic rings. The molecule has 0 aliphatic carbocycles. The predicted molar refractivity (Wildman–Crippen MR) is 78.9 cm³/mol. The molecule has 6 nitrogen and oxygen atoms in total. The molecule has 2 aromatic heterocycles. The number of likely N-dealkylation sites (N-methyl/N-ethyl adjacent to an activating group) is 1. The van der Waals surface area contributed by atoms with Crippen molar-refractivity contribution in [2.45, 2.75) is 31.8 Å². The SMILES string of the molecule is C[C@@H]1[C@@H](NC(=O)c2cc(-c3ccco3)[nH]n2)CCCN1C. The number of aromatic amines is 1. The number of furan rings is 1. The molecule has 3 heterocycles. The molecule has 0 saturated carbocycles. The highest BCUT2D eigenvalue weighted by Crippen LogP contribution is 2.19. The van der Waals surface area contributed by atoms with E-state index in [9.17, 15) is 4.79 Å². The van der Waals surface area contributed by atoms with Gasteiger partial charge in [0.15, 0.2) is 11.5 Å². The second-order valence-electron chi connectivity index (χ2n) is 5.59. The first-order valence-corrected chi connectivity index (χ1v) is 7.25. The van der Waals surface area contributed by atoms with Crippen molar-refractivity contribution in [2.24, 2.45) is 0 Å². The first kappa shape index (κ1) is 13.9. The van der Waals surface area contributed by atoms with Gasteiger partial charge in [-0.25, -0.2) is 0 Å². The Morgan fingerprint density at radius 3 is 3.19 bits per heavy atom. The summed E-state index contributed by atoms with van der Waals surface area (Å²) in [5, 5.41) is 9.98. The fourth-order valence-corrected chi connectivity index (χ4v) is 2.74. The summed E-state index contributed by atoms with van der Waals surface area (Å²) >= 11 is 0. The number of nitrogens with zero attached hydrogens (tertiary/aromatic N) is 2. The van der Waals surface area contributed by atoms with Gasteiger partial charge >= 0.3 is 0 Å². The van der Waals surface area contributed by atoms with E-state index in [4.69, 9.17) is 4.42 Å². The third-order valence-electron chi connectivity index (χ3n) is 4.22. The number of hydrogen-bond donors (Lipinski definition) is 2. The number of piperidine rings is 1. The molecular formula is C15H20N4O2. The monoisotopic (exact) mass is 288 g/mol. The van der Waals surface area contributed by atoms with Crippen LogP contribution in [0.5, 0.6) is 0 Å². The van der Waals surface area contributed by atoms with Gasteiger partial charge < -0.3 is 14.6 Å². The van der Waals surface area contributed by atoms with Crippen LogP contribution in [0.1, 0.15) is 30.3 Å². The summed E-state index contributed by atoms with van der Waals surface area (Å²) in [6.07, 6.45) is 3.70. The van der Waals surface area contributed by atoms with Gasteiger partial charge in [0.1, 0.15) is 5.69 Å². The quantitative estimate of drug-likeness (QED) is 0.904. The van der Waals surface area contributed by atoms with Crippen LogP contribution in [0.2, 0.25) is 0 Å². The topological polar surface area (TPSA) is 74.2 Å². The maximum atomic E-state index is 12.3. The van der Waals surface area contributed by atoms with Crippen molar-refractivity contribution < 1.29 is 9.21 Å². The molecule has 1 saturated heterocycles. The minimum Gasteiger partial charge on any atom is -0.463 e. The number of carbonyl (C=O) groups is 1. The van der Waals surface area contributed by atoms with E-state index >= 15 is 0 Å². The number of hydrogen-bond acceptors (Lipinski definition) is 4. The molecule has 3 rings (SSSR count). The zero-order valence-electron chi connectivity index (χ0n) is 12.3. The second-order valence-corrected chi connectivity index (χ2v) is 5.59. The Morgan fingerprint density at radius 1 is 1.57 bits per heavy atom. The molecule has 1 aliphatic heterocycles. The Hall–Kier alpha value is -2.08. The predicted octanol–water partition coefficient (Wildman–Crippen LogP) is 1.88. The van der Waals surface area contributed by atoms with Crippen molar-refractivity contribution in [1.29, 1.82) is 0 Å². The number of amides is 1. The molecule has 0 spiro atoms. The number of nitrogens with one attached hydrogen (secondary N) is 2. The zero-order valence-corrected chi connectivity index (χ0v) is 12.3. The molecular weight excluding hydrogens is 268 g/mol. The Kier molecular flexibility index (Phi) is 3.79. The summed E-state index contributed by atoms with van der Waals surface area (Å²) in [6, 6.07) is 5.85. The fraction of sp³-hybridized carbons (Fsp3) is 0.467. The van der Waals surface area contributed by atoms with Crippen LogP contribution in [0.3, 0.4) is 0 Å². The number of rotatable bonds is 3. The smallest absolute Gasteiger partial charge is 0.272 e. The van der Waals surface area contributed by atoms with Gasteiger partial charge in [-0.2, -0.15) is 5.10 Å². The van der Waals surface area contributed by atoms with E-state index in [2.05, 4.69) is 34.4 Å². The second kappa shape index (κ2) is 5.73. The standard InChI is InChI=1S/C15H20N4O2/c1-10-11(5-3-7-19(10)2)16-15(20)13-9-12(17-18-13)14-6-4-8-21-14/h4,6,8-11H,3,5,7H2,1-2H3,(H,16,20)(H,17,18)/t10-,11+/m1/s1. The van der Waals surface area contributed by atoms with Crippen LogP contribution >= 0.6 is 0 Å². The zero-order chi connectivity index (χ0) is 14.8. The van der Waals surface area contributed by atoms with Crippen molar-refractivity contribution in [2.75, 3.05) is 13.6 Å². The minimum atomic E-state index is -0.142. The lowest BCUT2D eigenvalue weighted by molar-refractivity contribution is 0.0863. The average Bonchev–Trinajstić information content (AvgIpc) is 3.13. The summed E-state index contributed by atoms with van der Waals surface area (Å²) < 4.78 is 5.28. The molecule has 1 fully saturated rings. The van der Waals surface area contributed by atoms with Gasteiger partial charge in [-0.05, 0) is 45.5 Å². The highest BCUT2D eigenvalue weighted by atomic mass is 16.3. The normalized spacial score (nSPS) is 23.1. The van der Waals surface area contributed by atoms with E-state index in [0.717, 1.165) is 19.4 Å².